The fourth-order valence-corrected chi connectivity index (χ4v) is 4.27. The van der Waals surface area contributed by atoms with Gasteiger partial charge in [-0.2, -0.15) is 0 Å². The maximum absolute atomic E-state index is 12.8. The molecule has 1 aromatic carbocycles. The zero-order chi connectivity index (χ0) is 22.4. The summed E-state index contributed by atoms with van der Waals surface area (Å²) in [5, 5.41) is 6.78. The van der Waals surface area contributed by atoms with Crippen molar-refractivity contribution in [3.05, 3.63) is 41.1 Å². The van der Waals surface area contributed by atoms with Gasteiger partial charge in [0.2, 0.25) is 5.91 Å². The molecule has 3 rings (SSSR count). The van der Waals surface area contributed by atoms with Gasteiger partial charge in [-0.3, -0.25) is 4.79 Å². The number of rotatable bonds is 7. The van der Waals surface area contributed by atoms with Crippen LogP contribution in [0.15, 0.2) is 35.5 Å². The highest BCUT2D eigenvalue weighted by Crippen LogP contribution is 2.31. The largest absolute Gasteiger partial charge is 0.460 e. The van der Waals surface area contributed by atoms with Crippen molar-refractivity contribution in [1.82, 2.24) is 10.2 Å². The number of benzene rings is 1. The summed E-state index contributed by atoms with van der Waals surface area (Å²) in [6.07, 6.45) is 5.37. The molecule has 1 aromatic rings. The van der Waals surface area contributed by atoms with Crippen LogP contribution < -0.4 is 10.6 Å². The van der Waals surface area contributed by atoms with Crippen LogP contribution in [0, 0.1) is 5.92 Å². The SMILES string of the molecule is COCCOC(=O)C1=C(C)N(C)C(=S)NC1c1ccc(NC(=O)C2CCCCC2)cc1. The van der Waals surface area contributed by atoms with Crippen LogP contribution in [-0.4, -0.2) is 49.3 Å². The van der Waals surface area contributed by atoms with Crippen LogP contribution in [0.4, 0.5) is 5.69 Å². The minimum atomic E-state index is -0.429. The monoisotopic (exact) mass is 445 g/mol. The Morgan fingerprint density at radius 3 is 2.48 bits per heavy atom. The van der Waals surface area contributed by atoms with E-state index in [9.17, 15) is 9.59 Å². The lowest BCUT2D eigenvalue weighted by Gasteiger charge is -2.35. The van der Waals surface area contributed by atoms with Crippen molar-refractivity contribution in [2.24, 2.45) is 5.92 Å². The summed E-state index contributed by atoms with van der Waals surface area (Å²) in [4.78, 5) is 27.1. The van der Waals surface area contributed by atoms with E-state index in [-0.39, 0.29) is 18.4 Å². The van der Waals surface area contributed by atoms with E-state index in [1.54, 1.807) is 12.0 Å². The first kappa shape index (κ1) is 23.2. The van der Waals surface area contributed by atoms with Gasteiger partial charge >= 0.3 is 5.97 Å². The molecule has 0 aromatic heterocycles. The number of allylic oxidation sites excluding steroid dienone is 1. The molecule has 2 N–H and O–H groups in total. The Balaban J connectivity index is 1.76. The van der Waals surface area contributed by atoms with E-state index in [2.05, 4.69) is 10.6 Å². The summed E-state index contributed by atoms with van der Waals surface area (Å²) in [6.45, 7) is 2.37. The Hall–Kier alpha value is -2.45. The van der Waals surface area contributed by atoms with Crippen molar-refractivity contribution >= 4 is 34.9 Å². The molecular weight excluding hydrogens is 414 g/mol. The molecule has 1 amide bonds. The standard InChI is InChI=1S/C23H31N3O4S/c1-15-19(22(28)30-14-13-29-3)20(25-23(31)26(15)2)16-9-11-18(12-10-16)24-21(27)17-7-5-4-6-8-17/h9-12,17,20H,4-8,13-14H2,1-3H3,(H,24,27)(H,25,31). The van der Waals surface area contributed by atoms with Gasteiger partial charge in [0, 0.05) is 31.5 Å². The zero-order valence-electron chi connectivity index (χ0n) is 18.4. The number of methoxy groups -OCH3 is 1. The molecule has 0 bridgehead atoms. The quantitative estimate of drug-likeness (QED) is 0.378. The summed E-state index contributed by atoms with van der Waals surface area (Å²) >= 11 is 5.43. The number of nitrogens with zero attached hydrogens (tertiary/aromatic N) is 1. The zero-order valence-corrected chi connectivity index (χ0v) is 19.2. The number of amides is 1. The fourth-order valence-electron chi connectivity index (χ4n) is 4.01. The van der Waals surface area contributed by atoms with E-state index >= 15 is 0 Å². The first-order chi connectivity index (χ1) is 14.9. The van der Waals surface area contributed by atoms with Crippen molar-refractivity contribution in [3.8, 4) is 0 Å². The first-order valence-corrected chi connectivity index (χ1v) is 11.1. The van der Waals surface area contributed by atoms with Crippen LogP contribution in [0.5, 0.6) is 0 Å². The highest BCUT2D eigenvalue weighted by atomic mass is 32.1. The number of anilines is 1. The van der Waals surface area contributed by atoms with E-state index < -0.39 is 12.0 Å². The van der Waals surface area contributed by atoms with Crippen LogP contribution in [0.25, 0.3) is 0 Å². The third-order valence-electron chi connectivity index (χ3n) is 5.98. The van der Waals surface area contributed by atoms with Gasteiger partial charge in [0.05, 0.1) is 18.2 Å². The third kappa shape index (κ3) is 5.62. The molecule has 8 heteroatoms. The Morgan fingerprint density at radius 1 is 1.16 bits per heavy atom. The molecule has 168 valence electrons. The van der Waals surface area contributed by atoms with E-state index in [0.717, 1.165) is 42.6 Å². The molecule has 31 heavy (non-hydrogen) atoms. The molecule has 1 heterocycles. The van der Waals surface area contributed by atoms with Crippen LogP contribution in [0.2, 0.25) is 0 Å². The molecule has 0 spiro atoms. The highest BCUT2D eigenvalue weighted by Gasteiger charge is 2.33. The van der Waals surface area contributed by atoms with E-state index in [1.807, 2.05) is 38.2 Å². The number of ether oxygens (including phenoxy) is 2. The number of carbonyl (C=O) groups excluding carboxylic acids is 2. The van der Waals surface area contributed by atoms with Crippen LogP contribution in [-0.2, 0) is 19.1 Å². The Kier molecular flexibility index (Phi) is 8.03. The van der Waals surface area contributed by atoms with Gasteiger partial charge in [-0.1, -0.05) is 31.4 Å². The van der Waals surface area contributed by atoms with Crippen molar-refractivity contribution in [2.75, 3.05) is 32.7 Å². The average molecular weight is 446 g/mol. The number of hydrogen-bond acceptors (Lipinski definition) is 5. The second kappa shape index (κ2) is 10.7. The third-order valence-corrected chi connectivity index (χ3v) is 6.37. The van der Waals surface area contributed by atoms with Gasteiger partial charge in [-0.15, -0.1) is 0 Å². The Bertz CT molecular complexity index is 847. The average Bonchev–Trinajstić information content (AvgIpc) is 2.78. The lowest BCUT2D eigenvalue weighted by Crippen LogP contribution is -2.46. The summed E-state index contributed by atoms with van der Waals surface area (Å²) < 4.78 is 10.4. The van der Waals surface area contributed by atoms with Gasteiger partial charge < -0.3 is 25.0 Å². The topological polar surface area (TPSA) is 79.9 Å². The predicted molar refractivity (Wildman–Crippen MR) is 123 cm³/mol. The number of hydrogen-bond donors (Lipinski definition) is 2. The molecule has 1 aliphatic heterocycles. The second-order valence-corrected chi connectivity index (χ2v) is 8.40. The fraction of sp³-hybridized carbons (Fsp3) is 0.522. The van der Waals surface area contributed by atoms with Gasteiger partial charge in [0.1, 0.15) is 6.61 Å². The minimum Gasteiger partial charge on any atom is -0.460 e. The summed E-state index contributed by atoms with van der Waals surface area (Å²) in [6, 6.07) is 7.10. The summed E-state index contributed by atoms with van der Waals surface area (Å²) in [7, 11) is 3.37. The summed E-state index contributed by atoms with van der Waals surface area (Å²) in [5.74, 6) is -0.222. The maximum Gasteiger partial charge on any atom is 0.338 e. The highest BCUT2D eigenvalue weighted by molar-refractivity contribution is 7.80. The van der Waals surface area contributed by atoms with Crippen LogP contribution >= 0.6 is 12.2 Å². The predicted octanol–water partition coefficient (Wildman–Crippen LogP) is 3.53. The van der Waals surface area contributed by atoms with Crippen molar-refractivity contribution < 1.29 is 19.1 Å². The van der Waals surface area contributed by atoms with Crippen LogP contribution in [0.3, 0.4) is 0 Å². The van der Waals surface area contributed by atoms with Crippen LogP contribution in [0.1, 0.15) is 50.6 Å². The van der Waals surface area contributed by atoms with Gasteiger partial charge in [0.15, 0.2) is 5.11 Å². The Labute approximate surface area is 189 Å². The van der Waals surface area contributed by atoms with E-state index in [0.29, 0.717) is 17.3 Å². The number of esters is 1. The molecule has 1 aliphatic carbocycles. The second-order valence-electron chi connectivity index (χ2n) is 8.02. The first-order valence-electron chi connectivity index (χ1n) is 10.7. The molecular formula is C23H31N3O4S. The van der Waals surface area contributed by atoms with E-state index in [1.165, 1.54) is 6.42 Å². The summed E-state index contributed by atoms with van der Waals surface area (Å²) in [5.41, 5.74) is 2.86. The molecule has 1 saturated carbocycles. The Morgan fingerprint density at radius 2 is 1.84 bits per heavy atom. The van der Waals surface area contributed by atoms with Gasteiger partial charge in [-0.25, -0.2) is 4.79 Å². The minimum absolute atomic E-state index is 0.0872. The maximum atomic E-state index is 12.8. The molecule has 7 nitrogen and oxygen atoms in total. The lowest BCUT2D eigenvalue weighted by molar-refractivity contribution is -0.140. The molecule has 0 saturated heterocycles. The molecule has 0 radical (unpaired) electrons. The number of thiocarbonyl (C=S) groups is 1. The lowest BCUT2D eigenvalue weighted by atomic mass is 9.88. The molecule has 1 fully saturated rings. The van der Waals surface area contributed by atoms with Gasteiger partial charge in [-0.05, 0) is 49.7 Å². The normalized spacial score (nSPS) is 19.8. The van der Waals surface area contributed by atoms with E-state index in [4.69, 9.17) is 21.7 Å². The van der Waals surface area contributed by atoms with Crippen molar-refractivity contribution in [3.63, 3.8) is 0 Å². The number of carbonyl (C=O) groups is 2. The van der Waals surface area contributed by atoms with Crippen molar-refractivity contribution in [1.29, 1.82) is 0 Å². The molecule has 2 aliphatic rings. The number of nitrogens with one attached hydrogen (secondary N) is 2. The van der Waals surface area contributed by atoms with Gasteiger partial charge in [0.25, 0.3) is 0 Å². The molecule has 1 atom stereocenters. The molecule has 1 unspecified atom stereocenters. The smallest absolute Gasteiger partial charge is 0.338 e. The van der Waals surface area contributed by atoms with Crippen molar-refractivity contribution in [2.45, 2.75) is 45.1 Å².